The third-order valence-corrected chi connectivity index (χ3v) is 4.95. The quantitative estimate of drug-likeness (QED) is 0.751. The highest BCUT2D eigenvalue weighted by Gasteiger charge is 2.20. The number of nitrogens with zero attached hydrogens (tertiary/aromatic N) is 2. The molecule has 4 nitrogen and oxygen atoms in total. The van der Waals surface area contributed by atoms with E-state index in [0.29, 0.717) is 5.69 Å². The molecule has 1 saturated carbocycles. The van der Waals surface area contributed by atoms with Crippen molar-refractivity contribution in [3.8, 4) is 17.1 Å². The molecule has 0 spiro atoms. The van der Waals surface area contributed by atoms with Crippen LogP contribution in [0.5, 0.6) is 0 Å². The number of benzene rings is 2. The number of hydrogen-bond donors (Lipinski definition) is 1. The maximum Gasteiger partial charge on any atom is 0.271 e. The highest BCUT2D eigenvalue weighted by molar-refractivity contribution is 5.93. The van der Waals surface area contributed by atoms with Gasteiger partial charge in [0, 0.05) is 23.5 Å². The first-order valence-corrected chi connectivity index (χ1v) is 9.32. The molecule has 2 aromatic carbocycles. The van der Waals surface area contributed by atoms with Crippen molar-refractivity contribution in [3.63, 3.8) is 0 Å². The average Bonchev–Trinajstić information content (AvgIpc) is 3.16. The third-order valence-electron chi connectivity index (χ3n) is 4.95. The van der Waals surface area contributed by atoms with E-state index < -0.39 is 0 Å². The molecule has 1 amide bonds. The van der Waals surface area contributed by atoms with Crippen molar-refractivity contribution in [1.82, 2.24) is 14.9 Å². The molecule has 1 aliphatic rings. The molecule has 4 heteroatoms. The van der Waals surface area contributed by atoms with Crippen LogP contribution in [0.3, 0.4) is 0 Å². The summed E-state index contributed by atoms with van der Waals surface area (Å²) in [4.78, 5) is 17.4. The second-order valence-electron chi connectivity index (χ2n) is 6.83. The van der Waals surface area contributed by atoms with Gasteiger partial charge in [0.25, 0.3) is 5.91 Å². The zero-order chi connectivity index (χ0) is 17.8. The topological polar surface area (TPSA) is 46.9 Å². The summed E-state index contributed by atoms with van der Waals surface area (Å²) in [7, 11) is 0. The van der Waals surface area contributed by atoms with Crippen molar-refractivity contribution in [2.24, 2.45) is 0 Å². The molecule has 26 heavy (non-hydrogen) atoms. The van der Waals surface area contributed by atoms with Gasteiger partial charge in [0.15, 0.2) is 0 Å². The summed E-state index contributed by atoms with van der Waals surface area (Å²) in [6.07, 6.45) is 7.63. The predicted octanol–water partition coefficient (Wildman–Crippen LogP) is 4.60. The number of imidazole rings is 1. The van der Waals surface area contributed by atoms with Crippen molar-refractivity contribution in [2.75, 3.05) is 0 Å². The molecule has 0 saturated heterocycles. The van der Waals surface area contributed by atoms with Gasteiger partial charge in [-0.15, -0.1) is 0 Å². The summed E-state index contributed by atoms with van der Waals surface area (Å²) in [6, 6.07) is 20.3. The van der Waals surface area contributed by atoms with Crippen molar-refractivity contribution >= 4 is 5.91 Å². The van der Waals surface area contributed by atoms with E-state index in [1.807, 2.05) is 71.4 Å². The van der Waals surface area contributed by atoms with E-state index in [9.17, 15) is 4.79 Å². The van der Waals surface area contributed by atoms with Crippen LogP contribution < -0.4 is 5.32 Å². The highest BCUT2D eigenvalue weighted by Crippen LogP contribution is 2.23. The van der Waals surface area contributed by atoms with Crippen LogP contribution in [0.2, 0.25) is 0 Å². The predicted molar refractivity (Wildman–Crippen MR) is 103 cm³/mol. The molecule has 4 rings (SSSR count). The molecule has 0 bridgehead atoms. The molecule has 1 aliphatic carbocycles. The monoisotopic (exact) mass is 345 g/mol. The van der Waals surface area contributed by atoms with Crippen LogP contribution in [0.15, 0.2) is 66.9 Å². The Balaban J connectivity index is 1.68. The van der Waals surface area contributed by atoms with Gasteiger partial charge in [-0.1, -0.05) is 67.8 Å². The fourth-order valence-electron chi connectivity index (χ4n) is 3.57. The normalized spacial score (nSPS) is 14.9. The largest absolute Gasteiger partial charge is 0.348 e. The molecule has 3 aromatic rings. The summed E-state index contributed by atoms with van der Waals surface area (Å²) >= 11 is 0. The number of aromatic nitrogens is 2. The van der Waals surface area contributed by atoms with E-state index >= 15 is 0 Å². The first-order valence-electron chi connectivity index (χ1n) is 9.32. The summed E-state index contributed by atoms with van der Waals surface area (Å²) in [5, 5.41) is 3.16. The highest BCUT2D eigenvalue weighted by atomic mass is 16.2. The second-order valence-corrected chi connectivity index (χ2v) is 6.83. The van der Waals surface area contributed by atoms with Crippen molar-refractivity contribution in [2.45, 2.75) is 38.1 Å². The zero-order valence-corrected chi connectivity index (χ0v) is 14.8. The van der Waals surface area contributed by atoms with E-state index in [1.165, 1.54) is 19.3 Å². The minimum atomic E-state index is -0.0798. The van der Waals surface area contributed by atoms with Gasteiger partial charge in [-0.05, 0) is 25.0 Å². The number of amides is 1. The SMILES string of the molecule is O=C(NC1CCCCC1)c1cn(-c2ccccc2)c(-c2ccccc2)n1. The standard InChI is InChI=1S/C22H23N3O/c26-22(23-18-12-6-2-7-13-18)20-16-25(19-14-8-3-9-15-19)21(24-20)17-10-4-1-5-11-17/h1,3-5,8-11,14-16,18H,2,6-7,12-13H2,(H,23,26). The van der Waals surface area contributed by atoms with Crippen molar-refractivity contribution in [1.29, 1.82) is 0 Å². The lowest BCUT2D eigenvalue weighted by Crippen LogP contribution is -2.36. The Morgan fingerprint density at radius 1 is 0.923 bits per heavy atom. The lowest BCUT2D eigenvalue weighted by Gasteiger charge is -2.22. The van der Waals surface area contributed by atoms with Gasteiger partial charge in [-0.2, -0.15) is 0 Å². The van der Waals surface area contributed by atoms with Gasteiger partial charge >= 0.3 is 0 Å². The molecule has 0 aliphatic heterocycles. The van der Waals surface area contributed by atoms with Gasteiger partial charge in [0.1, 0.15) is 11.5 Å². The Labute approximate surface area is 153 Å². The summed E-state index contributed by atoms with van der Waals surface area (Å²) in [5.41, 5.74) is 2.46. The molecule has 0 unspecified atom stereocenters. The minimum Gasteiger partial charge on any atom is -0.348 e. The first-order chi connectivity index (χ1) is 12.8. The van der Waals surface area contributed by atoms with Crippen LogP contribution >= 0.6 is 0 Å². The van der Waals surface area contributed by atoms with Crippen molar-refractivity contribution in [3.05, 3.63) is 72.6 Å². The van der Waals surface area contributed by atoms with Crippen molar-refractivity contribution < 1.29 is 4.79 Å². The molecule has 1 heterocycles. The second kappa shape index (κ2) is 7.56. The molecule has 1 N–H and O–H groups in total. The molecule has 1 aromatic heterocycles. The van der Waals surface area contributed by atoms with Crippen LogP contribution in [0.4, 0.5) is 0 Å². The molecule has 0 radical (unpaired) electrons. The van der Waals surface area contributed by atoms with Crippen LogP contribution in [0.1, 0.15) is 42.6 Å². The van der Waals surface area contributed by atoms with Gasteiger partial charge in [0.05, 0.1) is 0 Å². The minimum absolute atomic E-state index is 0.0798. The number of rotatable bonds is 4. The maximum absolute atomic E-state index is 12.8. The van der Waals surface area contributed by atoms with E-state index in [0.717, 1.165) is 29.9 Å². The van der Waals surface area contributed by atoms with Gasteiger partial charge in [0.2, 0.25) is 0 Å². The fourth-order valence-corrected chi connectivity index (χ4v) is 3.57. The van der Waals surface area contributed by atoms with Crippen LogP contribution in [0.25, 0.3) is 17.1 Å². The van der Waals surface area contributed by atoms with E-state index in [1.54, 1.807) is 0 Å². The summed E-state index contributed by atoms with van der Waals surface area (Å²) in [6.45, 7) is 0. The Morgan fingerprint density at radius 3 is 2.27 bits per heavy atom. The lowest BCUT2D eigenvalue weighted by atomic mass is 9.95. The maximum atomic E-state index is 12.8. The number of hydrogen-bond acceptors (Lipinski definition) is 2. The smallest absolute Gasteiger partial charge is 0.271 e. The Kier molecular flexibility index (Phi) is 4.82. The van der Waals surface area contributed by atoms with E-state index in [2.05, 4.69) is 10.3 Å². The zero-order valence-electron chi connectivity index (χ0n) is 14.8. The summed E-state index contributed by atoms with van der Waals surface area (Å²) in [5.74, 6) is 0.703. The molecular formula is C22H23N3O. The van der Waals surface area contributed by atoms with Gasteiger partial charge in [-0.25, -0.2) is 4.98 Å². The Hall–Kier alpha value is -2.88. The number of carbonyl (C=O) groups excluding carboxylic acids is 1. The number of nitrogens with one attached hydrogen (secondary N) is 1. The molecule has 132 valence electrons. The number of carbonyl (C=O) groups is 1. The number of para-hydroxylation sites is 1. The van der Waals surface area contributed by atoms with Crippen LogP contribution in [-0.2, 0) is 0 Å². The van der Waals surface area contributed by atoms with E-state index in [-0.39, 0.29) is 11.9 Å². The Morgan fingerprint density at radius 2 is 1.58 bits per heavy atom. The fraction of sp³-hybridized carbons (Fsp3) is 0.273. The first kappa shape index (κ1) is 16.6. The Bertz CT molecular complexity index is 808. The molecular weight excluding hydrogens is 322 g/mol. The molecule has 0 atom stereocenters. The van der Waals surface area contributed by atoms with Gasteiger partial charge < -0.3 is 5.32 Å². The summed E-state index contributed by atoms with van der Waals surface area (Å²) < 4.78 is 1.99. The van der Waals surface area contributed by atoms with Crippen LogP contribution in [0, 0.1) is 0 Å². The van der Waals surface area contributed by atoms with Crippen LogP contribution in [-0.4, -0.2) is 21.5 Å². The van der Waals surface area contributed by atoms with Gasteiger partial charge in [-0.3, -0.25) is 9.36 Å². The average molecular weight is 345 g/mol. The molecule has 1 fully saturated rings. The third kappa shape index (κ3) is 3.54. The lowest BCUT2D eigenvalue weighted by molar-refractivity contribution is 0.0923. The van der Waals surface area contributed by atoms with E-state index in [4.69, 9.17) is 0 Å².